The van der Waals surface area contributed by atoms with E-state index in [1.165, 1.54) is 17.8 Å². The zero-order chi connectivity index (χ0) is 15.8. The molecule has 0 unspecified atom stereocenters. The fourth-order valence-electron chi connectivity index (χ4n) is 1.76. The van der Waals surface area contributed by atoms with E-state index < -0.39 is 11.7 Å². The van der Waals surface area contributed by atoms with Crippen LogP contribution in [0, 0.1) is 24.5 Å². The molecule has 0 bridgehead atoms. The van der Waals surface area contributed by atoms with Crippen LogP contribution < -0.4 is 0 Å². The number of aryl methyl sites for hydroxylation is 1. The van der Waals surface area contributed by atoms with Crippen LogP contribution in [0.3, 0.4) is 0 Å². The number of nitrogens with zero attached hydrogens (tertiary/aromatic N) is 4. The van der Waals surface area contributed by atoms with E-state index >= 15 is 0 Å². The minimum absolute atomic E-state index is 0.101. The Kier molecular flexibility index (Phi) is 4.16. The standard InChI is InChI=1S/C12H8ClF3N4S/c1-6-8(12(14,15)16)3-9(13)11(19-6)20-7(2)10(4-18-20)21-5-17/h3-4H,1-2H3. The number of aromatic nitrogens is 3. The number of hydrogen-bond donors (Lipinski definition) is 0. The lowest BCUT2D eigenvalue weighted by molar-refractivity contribution is -0.138. The molecule has 9 heteroatoms. The summed E-state index contributed by atoms with van der Waals surface area (Å²) in [6, 6.07) is 0.831. The molecular weight excluding hydrogens is 325 g/mol. The molecule has 2 rings (SSSR count). The molecule has 0 aliphatic heterocycles. The molecule has 0 aromatic carbocycles. The summed E-state index contributed by atoms with van der Waals surface area (Å²) in [5.41, 5.74) is -0.492. The third-order valence-electron chi connectivity index (χ3n) is 2.77. The molecular formula is C12H8ClF3N4S. The number of halogens is 4. The van der Waals surface area contributed by atoms with Gasteiger partial charge in [0.05, 0.1) is 33.1 Å². The Bertz CT molecular complexity index is 733. The molecule has 0 atom stereocenters. The van der Waals surface area contributed by atoms with Gasteiger partial charge < -0.3 is 0 Å². The number of thiocyanates is 1. The van der Waals surface area contributed by atoms with Crippen LogP contribution in [0.4, 0.5) is 13.2 Å². The topological polar surface area (TPSA) is 54.5 Å². The van der Waals surface area contributed by atoms with Crippen molar-refractivity contribution in [3.05, 3.63) is 34.2 Å². The Morgan fingerprint density at radius 1 is 1.38 bits per heavy atom. The van der Waals surface area contributed by atoms with Crippen molar-refractivity contribution in [1.82, 2.24) is 14.8 Å². The van der Waals surface area contributed by atoms with Crippen LogP contribution in [0.15, 0.2) is 17.2 Å². The highest BCUT2D eigenvalue weighted by Gasteiger charge is 2.34. The normalized spacial score (nSPS) is 11.5. The molecule has 21 heavy (non-hydrogen) atoms. The zero-order valence-corrected chi connectivity index (χ0v) is 12.4. The van der Waals surface area contributed by atoms with Crippen molar-refractivity contribution in [2.24, 2.45) is 0 Å². The predicted molar refractivity (Wildman–Crippen MR) is 72.3 cm³/mol. The van der Waals surface area contributed by atoms with Crippen molar-refractivity contribution < 1.29 is 13.2 Å². The minimum Gasteiger partial charge on any atom is -0.232 e. The molecule has 0 aliphatic rings. The van der Waals surface area contributed by atoms with Crippen molar-refractivity contribution in [2.75, 3.05) is 0 Å². The summed E-state index contributed by atoms with van der Waals surface area (Å²) in [6.45, 7) is 2.93. The summed E-state index contributed by atoms with van der Waals surface area (Å²) >= 11 is 6.81. The van der Waals surface area contributed by atoms with Gasteiger partial charge in [0.2, 0.25) is 0 Å². The maximum absolute atomic E-state index is 12.8. The second kappa shape index (κ2) is 5.58. The molecule has 4 nitrogen and oxygen atoms in total. The number of thioether (sulfide) groups is 1. The lowest BCUT2D eigenvalue weighted by atomic mass is 10.2. The van der Waals surface area contributed by atoms with Crippen LogP contribution in [0.25, 0.3) is 5.82 Å². The van der Waals surface area contributed by atoms with E-state index in [1.807, 2.05) is 5.40 Å². The van der Waals surface area contributed by atoms with Gasteiger partial charge in [0, 0.05) is 0 Å². The van der Waals surface area contributed by atoms with E-state index in [9.17, 15) is 13.2 Å². The van der Waals surface area contributed by atoms with Crippen molar-refractivity contribution in [2.45, 2.75) is 24.9 Å². The molecule has 0 amide bonds. The first-order chi connectivity index (χ1) is 9.75. The first-order valence-electron chi connectivity index (χ1n) is 5.61. The molecule has 110 valence electrons. The number of rotatable bonds is 2. The first kappa shape index (κ1) is 15.7. The minimum atomic E-state index is -4.51. The van der Waals surface area contributed by atoms with Crippen LogP contribution in [0.5, 0.6) is 0 Å². The first-order valence-corrected chi connectivity index (χ1v) is 6.80. The second-order valence-electron chi connectivity index (χ2n) is 4.12. The number of hydrogen-bond acceptors (Lipinski definition) is 4. The largest absolute Gasteiger partial charge is 0.418 e. The van der Waals surface area contributed by atoms with Crippen LogP contribution in [-0.4, -0.2) is 14.8 Å². The molecule has 0 saturated carbocycles. The van der Waals surface area contributed by atoms with E-state index in [4.69, 9.17) is 16.9 Å². The zero-order valence-electron chi connectivity index (χ0n) is 10.9. The average molecular weight is 333 g/mol. The third-order valence-corrected chi connectivity index (χ3v) is 3.76. The van der Waals surface area contributed by atoms with Gasteiger partial charge in [-0.15, -0.1) is 0 Å². The van der Waals surface area contributed by atoms with E-state index in [2.05, 4.69) is 10.1 Å². The Morgan fingerprint density at radius 2 is 2.05 bits per heavy atom. The Morgan fingerprint density at radius 3 is 2.62 bits per heavy atom. The molecule has 0 spiro atoms. The van der Waals surface area contributed by atoms with Crippen molar-refractivity contribution >= 4 is 23.4 Å². The molecule has 0 N–H and O–H groups in total. The fraction of sp³-hybridized carbons (Fsp3) is 0.250. The van der Waals surface area contributed by atoms with Crippen LogP contribution in [-0.2, 0) is 6.18 Å². The molecule has 2 heterocycles. The summed E-state index contributed by atoms with van der Waals surface area (Å²) < 4.78 is 39.7. The summed E-state index contributed by atoms with van der Waals surface area (Å²) in [4.78, 5) is 4.49. The monoisotopic (exact) mass is 332 g/mol. The van der Waals surface area contributed by atoms with Crippen LogP contribution in [0.1, 0.15) is 17.0 Å². The lowest BCUT2D eigenvalue weighted by Gasteiger charge is -2.13. The van der Waals surface area contributed by atoms with Crippen LogP contribution in [0.2, 0.25) is 5.02 Å². The summed E-state index contributed by atoms with van der Waals surface area (Å²) in [6.07, 6.45) is -3.07. The maximum Gasteiger partial charge on any atom is 0.418 e. The fourth-order valence-corrected chi connectivity index (χ4v) is 2.42. The van der Waals surface area contributed by atoms with Crippen molar-refractivity contribution in [3.8, 4) is 11.2 Å². The van der Waals surface area contributed by atoms with Gasteiger partial charge >= 0.3 is 6.18 Å². The van der Waals surface area contributed by atoms with Crippen molar-refractivity contribution in [1.29, 1.82) is 5.26 Å². The highest BCUT2D eigenvalue weighted by atomic mass is 35.5. The Balaban J connectivity index is 2.57. The highest BCUT2D eigenvalue weighted by Crippen LogP contribution is 2.35. The summed E-state index contributed by atoms with van der Waals surface area (Å²) in [5, 5.41) is 14.4. The predicted octanol–water partition coefficient (Wildman–Crippen LogP) is 4.13. The van der Waals surface area contributed by atoms with Gasteiger partial charge in [-0.2, -0.15) is 23.5 Å². The Hall–Kier alpha value is -1.72. The third kappa shape index (κ3) is 2.99. The van der Waals surface area contributed by atoms with Gasteiger partial charge in [-0.25, -0.2) is 9.67 Å². The van der Waals surface area contributed by atoms with Gasteiger partial charge in [0.15, 0.2) is 5.82 Å². The number of nitriles is 1. The highest BCUT2D eigenvalue weighted by molar-refractivity contribution is 8.03. The average Bonchev–Trinajstić information content (AvgIpc) is 2.73. The van der Waals surface area contributed by atoms with Crippen LogP contribution >= 0.6 is 23.4 Å². The van der Waals surface area contributed by atoms with E-state index in [0.717, 1.165) is 17.8 Å². The second-order valence-corrected chi connectivity index (χ2v) is 5.36. The maximum atomic E-state index is 12.8. The van der Waals surface area contributed by atoms with Gasteiger partial charge in [0.1, 0.15) is 5.40 Å². The molecule has 0 saturated heterocycles. The quantitative estimate of drug-likeness (QED) is 0.613. The van der Waals surface area contributed by atoms with Gasteiger partial charge in [-0.3, -0.25) is 0 Å². The summed E-state index contributed by atoms with van der Waals surface area (Å²) in [7, 11) is 0. The van der Waals surface area contributed by atoms with Gasteiger partial charge in [-0.05, 0) is 31.7 Å². The Labute approximate surface area is 127 Å². The number of pyridine rings is 1. The van der Waals surface area contributed by atoms with E-state index in [0.29, 0.717) is 10.6 Å². The van der Waals surface area contributed by atoms with Crippen molar-refractivity contribution in [3.63, 3.8) is 0 Å². The molecule has 0 fully saturated rings. The SMILES string of the molecule is Cc1nc(-n2ncc(SC#N)c2C)c(Cl)cc1C(F)(F)F. The molecule has 2 aromatic rings. The van der Waals surface area contributed by atoms with E-state index in [1.54, 1.807) is 6.92 Å². The molecule has 0 radical (unpaired) electrons. The number of alkyl halides is 3. The summed E-state index contributed by atoms with van der Waals surface area (Å²) in [5.74, 6) is 0.101. The molecule has 2 aromatic heterocycles. The molecule has 0 aliphatic carbocycles. The van der Waals surface area contributed by atoms with Gasteiger partial charge in [-0.1, -0.05) is 11.6 Å². The van der Waals surface area contributed by atoms with Gasteiger partial charge in [0.25, 0.3) is 0 Å². The smallest absolute Gasteiger partial charge is 0.232 e. The van der Waals surface area contributed by atoms with E-state index in [-0.39, 0.29) is 16.5 Å². The lowest BCUT2D eigenvalue weighted by Crippen LogP contribution is -2.12.